The fourth-order valence-electron chi connectivity index (χ4n) is 1.78. The van der Waals surface area contributed by atoms with Gasteiger partial charge in [0.2, 0.25) is 0 Å². The topological polar surface area (TPSA) is 73.1 Å². The molecule has 0 unspecified atom stereocenters. The highest BCUT2D eigenvalue weighted by molar-refractivity contribution is 7.07. The third kappa shape index (κ3) is 2.60. The molecule has 0 bridgehead atoms. The summed E-state index contributed by atoms with van der Waals surface area (Å²) < 4.78 is 3.77. The number of hydrogen-bond donors (Lipinski definition) is 0. The minimum Gasteiger partial charge on any atom is -0.335 e. The van der Waals surface area contributed by atoms with Gasteiger partial charge in [-0.25, -0.2) is 0 Å². The number of aryl methyl sites for hydroxylation is 1. The van der Waals surface area contributed by atoms with Crippen molar-refractivity contribution in [2.45, 2.75) is 6.92 Å². The molecule has 0 N–H and O–H groups in total. The van der Waals surface area contributed by atoms with E-state index >= 15 is 0 Å². The molecule has 0 atom stereocenters. The first-order valence-corrected chi connectivity index (χ1v) is 6.17. The van der Waals surface area contributed by atoms with Gasteiger partial charge in [-0.3, -0.25) is 9.69 Å². The number of aromatic nitrogens is 2. The number of carbonyl (C=O) groups excluding carboxylic acids is 1. The van der Waals surface area contributed by atoms with Crippen molar-refractivity contribution in [2.75, 3.05) is 32.7 Å². The zero-order valence-electron chi connectivity index (χ0n) is 9.59. The first kappa shape index (κ1) is 12.0. The Labute approximate surface area is 104 Å². The first-order valence-electron chi connectivity index (χ1n) is 5.40. The summed E-state index contributed by atoms with van der Waals surface area (Å²) in [6.07, 6.45) is 0. The lowest BCUT2D eigenvalue weighted by Crippen LogP contribution is -2.48. The summed E-state index contributed by atoms with van der Waals surface area (Å²) >= 11 is 1.14. The number of rotatable bonds is 2. The van der Waals surface area contributed by atoms with Crippen LogP contribution in [0.2, 0.25) is 0 Å². The van der Waals surface area contributed by atoms with Gasteiger partial charge in [-0.05, 0) is 18.5 Å². The van der Waals surface area contributed by atoms with E-state index in [1.54, 1.807) is 11.8 Å². The largest absolute Gasteiger partial charge is 0.335 e. The number of nitriles is 1. The van der Waals surface area contributed by atoms with Gasteiger partial charge in [-0.2, -0.15) is 5.26 Å². The molecular formula is C10H13N5OS. The lowest BCUT2D eigenvalue weighted by molar-refractivity contribution is 0.0655. The predicted octanol–water partition coefficient (Wildman–Crippen LogP) is 0.128. The Hall–Kier alpha value is -1.52. The highest BCUT2D eigenvalue weighted by Crippen LogP contribution is 2.14. The van der Waals surface area contributed by atoms with E-state index in [1.807, 2.05) is 4.90 Å². The van der Waals surface area contributed by atoms with Crippen molar-refractivity contribution in [3.63, 3.8) is 0 Å². The maximum Gasteiger partial charge on any atom is 0.267 e. The molecule has 1 aromatic heterocycles. The molecule has 0 saturated carbocycles. The zero-order chi connectivity index (χ0) is 12.3. The van der Waals surface area contributed by atoms with Gasteiger partial charge in [0.05, 0.1) is 18.3 Å². The Morgan fingerprint density at radius 2 is 2.18 bits per heavy atom. The van der Waals surface area contributed by atoms with Gasteiger partial charge in [-0.15, -0.1) is 5.10 Å². The Balaban J connectivity index is 1.96. The number of piperazine rings is 1. The summed E-state index contributed by atoms with van der Waals surface area (Å²) in [5, 5.41) is 12.4. The molecule has 0 aliphatic carbocycles. The van der Waals surface area contributed by atoms with Gasteiger partial charge in [0.1, 0.15) is 4.88 Å². The quantitative estimate of drug-likeness (QED) is 0.698. The van der Waals surface area contributed by atoms with Gasteiger partial charge in [-0.1, -0.05) is 4.49 Å². The van der Waals surface area contributed by atoms with Crippen LogP contribution in [0.1, 0.15) is 15.4 Å². The lowest BCUT2D eigenvalue weighted by Gasteiger charge is -2.33. The normalized spacial score (nSPS) is 16.8. The second-order valence-corrected chi connectivity index (χ2v) is 4.67. The summed E-state index contributed by atoms with van der Waals surface area (Å²) in [4.78, 5) is 16.6. The smallest absolute Gasteiger partial charge is 0.267 e. The summed E-state index contributed by atoms with van der Waals surface area (Å²) in [7, 11) is 0. The minimum absolute atomic E-state index is 0.00843. The van der Waals surface area contributed by atoms with Crippen LogP contribution in [0, 0.1) is 18.3 Å². The molecule has 0 spiro atoms. The van der Waals surface area contributed by atoms with E-state index in [2.05, 4.69) is 15.7 Å². The molecule has 1 fully saturated rings. The van der Waals surface area contributed by atoms with Crippen LogP contribution >= 0.6 is 11.5 Å². The van der Waals surface area contributed by atoms with Gasteiger partial charge in [0.15, 0.2) is 0 Å². The van der Waals surface area contributed by atoms with Crippen molar-refractivity contribution in [1.82, 2.24) is 19.4 Å². The maximum atomic E-state index is 12.1. The first-order chi connectivity index (χ1) is 8.22. The van der Waals surface area contributed by atoms with Crippen LogP contribution in [0.15, 0.2) is 0 Å². The molecule has 2 heterocycles. The van der Waals surface area contributed by atoms with E-state index in [-0.39, 0.29) is 5.91 Å². The summed E-state index contributed by atoms with van der Waals surface area (Å²) in [6.45, 7) is 5.07. The second kappa shape index (κ2) is 5.21. The molecule has 6 nitrogen and oxygen atoms in total. The monoisotopic (exact) mass is 251 g/mol. The minimum atomic E-state index is 0.00843. The summed E-state index contributed by atoms with van der Waals surface area (Å²) in [5.74, 6) is 0.00843. The third-order valence-corrected chi connectivity index (χ3v) is 3.62. The molecule has 90 valence electrons. The highest BCUT2D eigenvalue weighted by atomic mass is 32.1. The van der Waals surface area contributed by atoms with E-state index < -0.39 is 0 Å². The fraction of sp³-hybridized carbons (Fsp3) is 0.600. The van der Waals surface area contributed by atoms with Crippen LogP contribution < -0.4 is 0 Å². The number of nitrogens with zero attached hydrogens (tertiary/aromatic N) is 5. The van der Waals surface area contributed by atoms with Crippen LogP contribution in [-0.4, -0.2) is 58.0 Å². The standard InChI is InChI=1S/C10H13N5OS/c1-8-9(17-13-12-8)10(16)15-6-4-14(3-2-11)5-7-15/h3-7H2,1H3. The van der Waals surface area contributed by atoms with E-state index in [0.717, 1.165) is 24.6 Å². The van der Waals surface area contributed by atoms with E-state index in [0.29, 0.717) is 30.2 Å². The van der Waals surface area contributed by atoms with Crippen molar-refractivity contribution >= 4 is 17.4 Å². The van der Waals surface area contributed by atoms with Crippen LogP contribution in [0.5, 0.6) is 0 Å². The van der Waals surface area contributed by atoms with Crippen LogP contribution in [0.3, 0.4) is 0 Å². The number of carbonyl (C=O) groups is 1. The van der Waals surface area contributed by atoms with E-state index in [1.165, 1.54) is 0 Å². The molecule has 1 aliphatic rings. The molecule has 2 rings (SSSR count). The van der Waals surface area contributed by atoms with Gasteiger partial charge < -0.3 is 4.90 Å². The van der Waals surface area contributed by atoms with Gasteiger partial charge in [0.25, 0.3) is 5.91 Å². The highest BCUT2D eigenvalue weighted by Gasteiger charge is 2.24. The SMILES string of the molecule is Cc1nnsc1C(=O)N1CCN(CC#N)CC1. The molecule has 1 saturated heterocycles. The second-order valence-electron chi connectivity index (χ2n) is 3.91. The fourth-order valence-corrected chi connectivity index (χ4v) is 2.41. The lowest BCUT2D eigenvalue weighted by atomic mass is 10.3. The molecule has 1 aromatic rings. The van der Waals surface area contributed by atoms with Crippen molar-refractivity contribution in [3.8, 4) is 6.07 Å². The Bertz CT molecular complexity index is 444. The van der Waals surface area contributed by atoms with Crippen molar-refractivity contribution in [1.29, 1.82) is 5.26 Å². The Morgan fingerprint density at radius 3 is 2.71 bits per heavy atom. The Morgan fingerprint density at radius 1 is 1.47 bits per heavy atom. The summed E-state index contributed by atoms with van der Waals surface area (Å²) in [5.41, 5.74) is 0.694. The predicted molar refractivity (Wildman–Crippen MR) is 62.6 cm³/mol. The van der Waals surface area contributed by atoms with Crippen LogP contribution in [-0.2, 0) is 0 Å². The molecule has 7 heteroatoms. The molecule has 1 amide bonds. The molecule has 17 heavy (non-hydrogen) atoms. The summed E-state index contributed by atoms with van der Waals surface area (Å²) in [6, 6.07) is 2.12. The Kier molecular flexibility index (Phi) is 3.66. The average molecular weight is 251 g/mol. The average Bonchev–Trinajstić information content (AvgIpc) is 2.76. The third-order valence-electron chi connectivity index (χ3n) is 2.80. The molecular weight excluding hydrogens is 238 g/mol. The van der Waals surface area contributed by atoms with Crippen LogP contribution in [0.4, 0.5) is 0 Å². The molecule has 0 aromatic carbocycles. The molecule has 1 aliphatic heterocycles. The van der Waals surface area contributed by atoms with Gasteiger partial charge in [0, 0.05) is 26.2 Å². The molecule has 0 radical (unpaired) electrons. The van der Waals surface area contributed by atoms with Crippen molar-refractivity contribution in [2.24, 2.45) is 0 Å². The van der Waals surface area contributed by atoms with Gasteiger partial charge >= 0.3 is 0 Å². The maximum absolute atomic E-state index is 12.1. The van der Waals surface area contributed by atoms with Crippen LogP contribution in [0.25, 0.3) is 0 Å². The van der Waals surface area contributed by atoms with E-state index in [4.69, 9.17) is 5.26 Å². The number of hydrogen-bond acceptors (Lipinski definition) is 6. The number of amides is 1. The zero-order valence-corrected chi connectivity index (χ0v) is 10.4. The van der Waals surface area contributed by atoms with Crippen molar-refractivity contribution in [3.05, 3.63) is 10.6 Å². The van der Waals surface area contributed by atoms with E-state index in [9.17, 15) is 4.79 Å². The van der Waals surface area contributed by atoms with Crippen molar-refractivity contribution < 1.29 is 4.79 Å².